The predicted octanol–water partition coefficient (Wildman–Crippen LogP) is 5.03. The normalized spacial score (nSPS) is 16.7. The summed E-state index contributed by atoms with van der Waals surface area (Å²) in [7, 11) is 2.02. The lowest BCUT2D eigenvalue weighted by molar-refractivity contribution is 0.419. The van der Waals surface area contributed by atoms with Gasteiger partial charge in [-0.05, 0) is 54.6 Å². The summed E-state index contributed by atoms with van der Waals surface area (Å²) in [4.78, 5) is 0. The van der Waals surface area contributed by atoms with Crippen molar-refractivity contribution in [1.82, 2.24) is 5.32 Å². The lowest BCUT2D eigenvalue weighted by atomic mass is 9.79. The molecule has 104 valence electrons. The van der Waals surface area contributed by atoms with Crippen molar-refractivity contribution in [3.05, 3.63) is 69.7 Å². The third-order valence-corrected chi connectivity index (χ3v) is 4.87. The van der Waals surface area contributed by atoms with E-state index in [4.69, 9.17) is 0 Å². The molecule has 1 aliphatic carbocycles. The summed E-state index contributed by atoms with van der Waals surface area (Å²) < 4.78 is 1.12. The standard InChI is InChI=1S/C18H20BrN/c1-20-18(16-9-11-17(19)12-10-16)15-7-5-14(6-8-15)13-3-2-4-13/h5-13,18,20H,2-4H2,1H3. The second kappa shape index (κ2) is 6.11. The summed E-state index contributed by atoms with van der Waals surface area (Å²) in [6, 6.07) is 18.0. The van der Waals surface area contributed by atoms with Crippen LogP contribution in [0.25, 0.3) is 0 Å². The Morgan fingerprint density at radius 1 is 0.950 bits per heavy atom. The van der Waals surface area contributed by atoms with E-state index in [0.717, 1.165) is 10.4 Å². The molecule has 2 heteroatoms. The van der Waals surface area contributed by atoms with Crippen molar-refractivity contribution < 1.29 is 0 Å². The van der Waals surface area contributed by atoms with Gasteiger partial charge in [-0.15, -0.1) is 0 Å². The predicted molar refractivity (Wildman–Crippen MR) is 88.1 cm³/mol. The van der Waals surface area contributed by atoms with Crippen molar-refractivity contribution in [3.63, 3.8) is 0 Å². The van der Waals surface area contributed by atoms with Crippen LogP contribution < -0.4 is 5.32 Å². The first kappa shape index (κ1) is 13.8. The number of hydrogen-bond acceptors (Lipinski definition) is 1. The van der Waals surface area contributed by atoms with Gasteiger partial charge in [0.25, 0.3) is 0 Å². The Labute approximate surface area is 129 Å². The molecule has 1 saturated carbocycles. The van der Waals surface area contributed by atoms with E-state index in [1.165, 1.54) is 36.0 Å². The molecule has 1 N–H and O–H groups in total. The Morgan fingerprint density at radius 2 is 1.50 bits per heavy atom. The Kier molecular flexibility index (Phi) is 4.23. The minimum Gasteiger partial charge on any atom is -0.309 e. The van der Waals surface area contributed by atoms with Crippen molar-refractivity contribution in [2.45, 2.75) is 31.2 Å². The third-order valence-electron chi connectivity index (χ3n) is 4.34. The highest BCUT2D eigenvalue weighted by Crippen LogP contribution is 2.36. The highest BCUT2D eigenvalue weighted by Gasteiger charge is 2.19. The molecule has 1 fully saturated rings. The van der Waals surface area contributed by atoms with Gasteiger partial charge in [0.15, 0.2) is 0 Å². The second-order valence-electron chi connectivity index (χ2n) is 5.57. The van der Waals surface area contributed by atoms with E-state index in [9.17, 15) is 0 Å². The SMILES string of the molecule is CNC(c1ccc(Br)cc1)c1ccc(C2CCC2)cc1. The summed E-state index contributed by atoms with van der Waals surface area (Å²) >= 11 is 3.49. The van der Waals surface area contributed by atoms with Crippen LogP contribution in [0.15, 0.2) is 53.0 Å². The second-order valence-corrected chi connectivity index (χ2v) is 6.48. The molecule has 0 aliphatic heterocycles. The van der Waals surface area contributed by atoms with Gasteiger partial charge >= 0.3 is 0 Å². The maximum Gasteiger partial charge on any atom is 0.0574 e. The van der Waals surface area contributed by atoms with Crippen molar-refractivity contribution >= 4 is 15.9 Å². The van der Waals surface area contributed by atoms with Gasteiger partial charge in [-0.25, -0.2) is 0 Å². The largest absolute Gasteiger partial charge is 0.309 e. The topological polar surface area (TPSA) is 12.0 Å². The molecule has 0 spiro atoms. The van der Waals surface area contributed by atoms with Crippen LogP contribution in [0.4, 0.5) is 0 Å². The first-order valence-electron chi connectivity index (χ1n) is 7.30. The molecular formula is C18H20BrN. The first-order valence-corrected chi connectivity index (χ1v) is 8.10. The number of halogens is 1. The monoisotopic (exact) mass is 329 g/mol. The summed E-state index contributed by atoms with van der Waals surface area (Å²) in [5.74, 6) is 0.810. The van der Waals surface area contributed by atoms with E-state index in [0.29, 0.717) is 0 Å². The maximum atomic E-state index is 3.49. The van der Waals surface area contributed by atoms with Gasteiger partial charge in [0.2, 0.25) is 0 Å². The molecule has 0 radical (unpaired) electrons. The van der Waals surface area contributed by atoms with Gasteiger partial charge in [-0.3, -0.25) is 0 Å². The summed E-state index contributed by atoms with van der Waals surface area (Å²) in [6.45, 7) is 0. The number of benzene rings is 2. The molecule has 1 atom stereocenters. The molecule has 2 aromatic rings. The Balaban J connectivity index is 1.83. The van der Waals surface area contributed by atoms with Crippen molar-refractivity contribution in [2.24, 2.45) is 0 Å². The van der Waals surface area contributed by atoms with Crippen molar-refractivity contribution in [2.75, 3.05) is 7.05 Å². The molecule has 0 amide bonds. The van der Waals surface area contributed by atoms with Crippen LogP contribution >= 0.6 is 15.9 Å². The van der Waals surface area contributed by atoms with Crippen LogP contribution in [-0.2, 0) is 0 Å². The molecule has 0 saturated heterocycles. The molecule has 0 aromatic heterocycles. The third kappa shape index (κ3) is 2.82. The van der Waals surface area contributed by atoms with Crippen molar-refractivity contribution in [3.8, 4) is 0 Å². The fourth-order valence-corrected chi connectivity index (χ4v) is 3.15. The molecule has 1 unspecified atom stereocenters. The van der Waals surface area contributed by atoms with Crippen LogP contribution in [0, 0.1) is 0 Å². The van der Waals surface area contributed by atoms with E-state index >= 15 is 0 Å². The van der Waals surface area contributed by atoms with Crippen LogP contribution in [0.1, 0.15) is 47.9 Å². The highest BCUT2D eigenvalue weighted by molar-refractivity contribution is 9.10. The van der Waals surface area contributed by atoms with Gasteiger partial charge in [0, 0.05) is 4.47 Å². The minimum absolute atomic E-state index is 0.263. The molecule has 20 heavy (non-hydrogen) atoms. The van der Waals surface area contributed by atoms with E-state index in [1.807, 2.05) is 7.05 Å². The fraction of sp³-hybridized carbons (Fsp3) is 0.333. The van der Waals surface area contributed by atoms with Crippen LogP contribution in [0.5, 0.6) is 0 Å². The molecule has 1 nitrogen and oxygen atoms in total. The minimum atomic E-state index is 0.263. The summed E-state index contributed by atoms with van der Waals surface area (Å²) in [5.41, 5.74) is 4.13. The van der Waals surface area contributed by atoms with E-state index < -0.39 is 0 Å². The smallest absolute Gasteiger partial charge is 0.0574 e. The number of nitrogens with one attached hydrogen (secondary N) is 1. The Hall–Kier alpha value is -1.12. The fourth-order valence-electron chi connectivity index (χ4n) is 2.88. The quantitative estimate of drug-likeness (QED) is 0.829. The van der Waals surface area contributed by atoms with Gasteiger partial charge in [-0.1, -0.05) is 58.7 Å². The molecule has 3 rings (SSSR count). The zero-order valence-electron chi connectivity index (χ0n) is 11.8. The number of rotatable bonds is 4. The average molecular weight is 330 g/mol. The molecule has 2 aromatic carbocycles. The van der Waals surface area contributed by atoms with Gasteiger partial charge in [0.1, 0.15) is 0 Å². The first-order chi connectivity index (χ1) is 9.78. The lowest BCUT2D eigenvalue weighted by Crippen LogP contribution is -2.17. The zero-order valence-corrected chi connectivity index (χ0v) is 13.4. The molecule has 1 aliphatic rings. The van der Waals surface area contributed by atoms with Gasteiger partial charge < -0.3 is 5.32 Å². The number of hydrogen-bond donors (Lipinski definition) is 1. The molecule has 0 bridgehead atoms. The Bertz CT molecular complexity index is 555. The van der Waals surface area contributed by atoms with Crippen LogP contribution in [-0.4, -0.2) is 7.05 Å². The van der Waals surface area contributed by atoms with Crippen molar-refractivity contribution in [1.29, 1.82) is 0 Å². The lowest BCUT2D eigenvalue weighted by Gasteiger charge is -2.26. The van der Waals surface area contributed by atoms with Crippen LogP contribution in [0.2, 0.25) is 0 Å². The van der Waals surface area contributed by atoms with Gasteiger partial charge in [-0.2, -0.15) is 0 Å². The summed E-state index contributed by atoms with van der Waals surface area (Å²) in [5, 5.41) is 3.42. The maximum absolute atomic E-state index is 3.49. The summed E-state index contributed by atoms with van der Waals surface area (Å²) in [6.07, 6.45) is 4.12. The Morgan fingerprint density at radius 3 is 1.95 bits per heavy atom. The molecule has 0 heterocycles. The highest BCUT2D eigenvalue weighted by atomic mass is 79.9. The van der Waals surface area contributed by atoms with Gasteiger partial charge in [0.05, 0.1) is 6.04 Å². The van der Waals surface area contributed by atoms with E-state index in [-0.39, 0.29) is 6.04 Å². The van der Waals surface area contributed by atoms with E-state index in [2.05, 4.69) is 69.8 Å². The van der Waals surface area contributed by atoms with Crippen LogP contribution in [0.3, 0.4) is 0 Å². The molecular weight excluding hydrogens is 310 g/mol. The van der Waals surface area contributed by atoms with E-state index in [1.54, 1.807) is 0 Å². The zero-order chi connectivity index (χ0) is 13.9. The average Bonchev–Trinajstić information content (AvgIpc) is 2.42.